The van der Waals surface area contributed by atoms with Crippen LogP contribution in [0.15, 0.2) is 72.1 Å². The maximum absolute atomic E-state index is 12.7. The van der Waals surface area contributed by atoms with Crippen LogP contribution in [0.25, 0.3) is 0 Å². The highest BCUT2D eigenvalue weighted by Crippen LogP contribution is 2.28. The van der Waals surface area contributed by atoms with Gasteiger partial charge in [0.05, 0.1) is 11.0 Å². The summed E-state index contributed by atoms with van der Waals surface area (Å²) in [6.07, 6.45) is 0.141. The SMILES string of the molecule is C=CC(C(O)c1ccccc1)S(=O)(=O)c1ccc(C)cc1. The standard InChI is InChI=1S/C17H18O3S/c1-3-16(17(18)14-7-5-4-6-8-14)21(19,20)15-11-9-13(2)10-12-15/h3-12,16-18H,1H2,2H3. The summed E-state index contributed by atoms with van der Waals surface area (Å²) in [5, 5.41) is 9.30. The molecule has 0 heterocycles. The first-order valence-electron chi connectivity index (χ1n) is 6.63. The van der Waals surface area contributed by atoms with Crippen molar-refractivity contribution >= 4 is 9.84 Å². The lowest BCUT2D eigenvalue weighted by atomic mass is 10.1. The number of hydrogen-bond acceptors (Lipinski definition) is 3. The minimum Gasteiger partial charge on any atom is -0.387 e. The van der Waals surface area contributed by atoms with Crippen LogP contribution in [0.4, 0.5) is 0 Å². The normalized spacial score (nSPS) is 14.4. The molecule has 0 aliphatic heterocycles. The zero-order valence-electron chi connectivity index (χ0n) is 11.8. The van der Waals surface area contributed by atoms with E-state index in [0.29, 0.717) is 5.56 Å². The fourth-order valence-corrected chi connectivity index (χ4v) is 3.73. The van der Waals surface area contributed by atoms with Gasteiger partial charge in [0, 0.05) is 0 Å². The van der Waals surface area contributed by atoms with Crippen LogP contribution in [-0.4, -0.2) is 18.8 Å². The predicted molar refractivity (Wildman–Crippen MR) is 83.8 cm³/mol. The van der Waals surface area contributed by atoms with Gasteiger partial charge in [0.15, 0.2) is 9.84 Å². The Morgan fingerprint density at radius 1 is 1.05 bits per heavy atom. The van der Waals surface area contributed by atoms with Crippen LogP contribution in [0.3, 0.4) is 0 Å². The van der Waals surface area contributed by atoms with Gasteiger partial charge in [-0.1, -0.05) is 54.1 Å². The fraction of sp³-hybridized carbons (Fsp3) is 0.176. The highest BCUT2D eigenvalue weighted by Gasteiger charge is 2.32. The van der Waals surface area contributed by atoms with Gasteiger partial charge >= 0.3 is 0 Å². The first kappa shape index (κ1) is 15.5. The van der Waals surface area contributed by atoms with E-state index in [2.05, 4.69) is 6.58 Å². The number of aryl methyl sites for hydroxylation is 1. The van der Waals surface area contributed by atoms with Crippen molar-refractivity contribution in [2.24, 2.45) is 0 Å². The van der Waals surface area contributed by atoms with E-state index in [1.165, 1.54) is 6.08 Å². The lowest BCUT2D eigenvalue weighted by Gasteiger charge is -2.20. The highest BCUT2D eigenvalue weighted by molar-refractivity contribution is 7.92. The minimum atomic E-state index is -3.68. The monoisotopic (exact) mass is 302 g/mol. The van der Waals surface area contributed by atoms with Crippen molar-refractivity contribution < 1.29 is 13.5 Å². The van der Waals surface area contributed by atoms with Crippen molar-refractivity contribution in [3.63, 3.8) is 0 Å². The summed E-state index contributed by atoms with van der Waals surface area (Å²) in [7, 11) is -3.68. The molecule has 1 N–H and O–H groups in total. The van der Waals surface area contributed by atoms with E-state index < -0.39 is 21.2 Å². The Morgan fingerprint density at radius 2 is 1.62 bits per heavy atom. The summed E-state index contributed by atoms with van der Waals surface area (Å²) in [6, 6.07) is 15.3. The molecule has 2 atom stereocenters. The molecule has 0 amide bonds. The van der Waals surface area contributed by atoms with Crippen LogP contribution in [0, 0.1) is 6.92 Å². The van der Waals surface area contributed by atoms with Crippen LogP contribution >= 0.6 is 0 Å². The number of hydrogen-bond donors (Lipinski definition) is 1. The summed E-state index contributed by atoms with van der Waals surface area (Å²) in [5.41, 5.74) is 1.53. The van der Waals surface area contributed by atoms with Crippen LogP contribution in [0.5, 0.6) is 0 Å². The molecule has 0 aliphatic rings. The van der Waals surface area contributed by atoms with Crippen molar-refractivity contribution in [2.45, 2.75) is 23.2 Å². The second kappa shape index (κ2) is 6.24. The Bertz CT molecular complexity index is 703. The molecule has 2 aromatic carbocycles. The molecule has 0 bridgehead atoms. The summed E-state index contributed by atoms with van der Waals surface area (Å²) >= 11 is 0. The van der Waals surface area contributed by atoms with Crippen LogP contribution in [-0.2, 0) is 9.84 Å². The predicted octanol–water partition coefficient (Wildman–Crippen LogP) is 3.06. The van der Waals surface area contributed by atoms with Crippen LogP contribution in [0.1, 0.15) is 17.2 Å². The molecule has 2 rings (SSSR count). The molecule has 0 saturated carbocycles. The molecule has 0 radical (unpaired) electrons. The summed E-state index contributed by atoms with van der Waals surface area (Å²) in [6.45, 7) is 5.47. The molecule has 0 saturated heterocycles. The molecule has 0 spiro atoms. The second-order valence-electron chi connectivity index (χ2n) is 4.91. The lowest BCUT2D eigenvalue weighted by molar-refractivity contribution is 0.183. The van der Waals surface area contributed by atoms with Crippen molar-refractivity contribution in [3.8, 4) is 0 Å². The van der Waals surface area contributed by atoms with Crippen molar-refractivity contribution in [1.82, 2.24) is 0 Å². The van der Waals surface area contributed by atoms with Crippen molar-refractivity contribution in [3.05, 3.63) is 78.4 Å². The van der Waals surface area contributed by atoms with Gasteiger partial charge in [-0.15, -0.1) is 6.58 Å². The van der Waals surface area contributed by atoms with Crippen molar-refractivity contribution in [1.29, 1.82) is 0 Å². The van der Waals surface area contributed by atoms with Crippen molar-refractivity contribution in [2.75, 3.05) is 0 Å². The van der Waals surface area contributed by atoms with E-state index in [1.54, 1.807) is 48.5 Å². The average Bonchev–Trinajstić information content (AvgIpc) is 2.49. The smallest absolute Gasteiger partial charge is 0.187 e. The van der Waals surface area contributed by atoms with Crippen LogP contribution < -0.4 is 0 Å². The number of benzene rings is 2. The quantitative estimate of drug-likeness (QED) is 0.864. The van der Waals surface area contributed by atoms with Crippen LogP contribution in [0.2, 0.25) is 0 Å². The van der Waals surface area contributed by atoms with E-state index in [-0.39, 0.29) is 4.90 Å². The molecule has 21 heavy (non-hydrogen) atoms. The Morgan fingerprint density at radius 3 is 2.14 bits per heavy atom. The van der Waals surface area contributed by atoms with Gasteiger partial charge in [-0.25, -0.2) is 8.42 Å². The van der Waals surface area contributed by atoms with E-state index in [4.69, 9.17) is 0 Å². The topological polar surface area (TPSA) is 54.4 Å². The molecule has 4 heteroatoms. The molecule has 0 aromatic heterocycles. The zero-order valence-corrected chi connectivity index (χ0v) is 12.6. The minimum absolute atomic E-state index is 0.188. The van der Waals surface area contributed by atoms with Gasteiger partial charge in [-0.2, -0.15) is 0 Å². The van der Waals surface area contributed by atoms with E-state index in [1.807, 2.05) is 13.0 Å². The molecular formula is C17H18O3S. The molecule has 2 unspecified atom stereocenters. The Kier molecular flexibility index (Phi) is 4.60. The molecule has 2 aromatic rings. The van der Waals surface area contributed by atoms with Gasteiger partial charge in [-0.3, -0.25) is 0 Å². The first-order chi connectivity index (χ1) is 9.96. The number of sulfone groups is 1. The molecule has 3 nitrogen and oxygen atoms in total. The third-order valence-electron chi connectivity index (χ3n) is 3.39. The molecule has 0 aliphatic carbocycles. The van der Waals surface area contributed by atoms with E-state index in [0.717, 1.165) is 5.56 Å². The van der Waals surface area contributed by atoms with E-state index in [9.17, 15) is 13.5 Å². The van der Waals surface area contributed by atoms with Gasteiger partial charge in [0.25, 0.3) is 0 Å². The Hall–Kier alpha value is -1.91. The van der Waals surface area contributed by atoms with E-state index >= 15 is 0 Å². The van der Waals surface area contributed by atoms with Gasteiger partial charge in [-0.05, 0) is 24.6 Å². The summed E-state index contributed by atoms with van der Waals surface area (Å²) in [5.74, 6) is 0. The molecule has 110 valence electrons. The molecule has 0 fully saturated rings. The highest BCUT2D eigenvalue weighted by atomic mass is 32.2. The second-order valence-corrected chi connectivity index (χ2v) is 7.02. The van der Waals surface area contributed by atoms with Gasteiger partial charge in [0.1, 0.15) is 5.25 Å². The Labute approximate surface area is 125 Å². The maximum Gasteiger partial charge on any atom is 0.187 e. The summed E-state index contributed by atoms with van der Waals surface area (Å²) < 4.78 is 25.3. The third-order valence-corrected chi connectivity index (χ3v) is 5.49. The Balaban J connectivity index is 2.40. The fourth-order valence-electron chi connectivity index (χ4n) is 2.15. The number of rotatable bonds is 5. The third kappa shape index (κ3) is 3.23. The van der Waals surface area contributed by atoms with Gasteiger partial charge < -0.3 is 5.11 Å². The average molecular weight is 302 g/mol. The number of aliphatic hydroxyl groups is 1. The zero-order chi connectivity index (χ0) is 15.5. The van der Waals surface area contributed by atoms with Gasteiger partial charge in [0.2, 0.25) is 0 Å². The molecular weight excluding hydrogens is 284 g/mol. The maximum atomic E-state index is 12.7. The first-order valence-corrected chi connectivity index (χ1v) is 8.17. The lowest BCUT2D eigenvalue weighted by Crippen LogP contribution is -2.26. The summed E-state index contributed by atoms with van der Waals surface area (Å²) in [4.78, 5) is 0.188. The number of aliphatic hydroxyl groups excluding tert-OH is 1. The largest absolute Gasteiger partial charge is 0.387 e.